The lowest BCUT2D eigenvalue weighted by molar-refractivity contribution is 0.546. The normalized spacial score (nSPS) is 12.6. The van der Waals surface area contributed by atoms with Gasteiger partial charge >= 0.3 is 0 Å². The highest BCUT2D eigenvalue weighted by atomic mass is 15.2. The minimum absolute atomic E-state index is 0.384. The quantitative estimate of drug-likeness (QED) is 0.839. The molecular formula is C12H18N4. The van der Waals surface area contributed by atoms with Crippen LogP contribution in [-0.4, -0.2) is 14.6 Å². The summed E-state index contributed by atoms with van der Waals surface area (Å²) in [5.74, 6) is 0.413. The topological polar surface area (TPSA) is 56.2 Å². The molecule has 2 N–H and O–H groups in total. The lowest BCUT2D eigenvalue weighted by atomic mass is 9.99. The fourth-order valence-corrected chi connectivity index (χ4v) is 1.51. The van der Waals surface area contributed by atoms with Crippen LogP contribution in [0.2, 0.25) is 0 Å². The van der Waals surface area contributed by atoms with E-state index in [4.69, 9.17) is 5.73 Å². The van der Waals surface area contributed by atoms with Gasteiger partial charge in [-0.2, -0.15) is 5.10 Å². The summed E-state index contributed by atoms with van der Waals surface area (Å²) in [4.78, 5) is 4.37. The summed E-state index contributed by atoms with van der Waals surface area (Å²) in [5, 5.41) is 4.49. The number of nitrogens with zero attached hydrogens (tertiary/aromatic N) is 3. The highest BCUT2D eigenvalue weighted by molar-refractivity contribution is 5.40. The minimum Gasteiger partial charge on any atom is -0.322 e. The monoisotopic (exact) mass is 218 g/mol. The molecule has 2 aromatic heterocycles. The molecule has 4 nitrogen and oxygen atoms in total. The number of hydrogen-bond acceptors (Lipinski definition) is 3. The first-order valence-electron chi connectivity index (χ1n) is 5.52. The van der Waals surface area contributed by atoms with Crippen molar-refractivity contribution in [2.75, 3.05) is 0 Å². The van der Waals surface area contributed by atoms with E-state index in [1.807, 2.05) is 32.3 Å². The van der Waals surface area contributed by atoms with Crippen LogP contribution in [0.5, 0.6) is 0 Å². The Morgan fingerprint density at radius 3 is 2.62 bits per heavy atom. The maximum Gasteiger partial charge on any atom is 0.155 e. The summed E-state index contributed by atoms with van der Waals surface area (Å²) in [6, 6.07) is 2.01. The van der Waals surface area contributed by atoms with Gasteiger partial charge in [0.2, 0.25) is 0 Å². The molecule has 86 valence electrons. The van der Waals surface area contributed by atoms with Crippen molar-refractivity contribution in [3.05, 3.63) is 29.7 Å². The van der Waals surface area contributed by atoms with E-state index in [9.17, 15) is 0 Å². The first kappa shape index (κ1) is 11.1. The maximum atomic E-state index is 6.03. The van der Waals surface area contributed by atoms with Crippen molar-refractivity contribution in [2.24, 2.45) is 5.73 Å². The van der Waals surface area contributed by atoms with E-state index >= 15 is 0 Å². The van der Waals surface area contributed by atoms with Crippen molar-refractivity contribution in [1.29, 1.82) is 0 Å². The molecule has 0 bridgehead atoms. The number of fused-ring (bicyclic) bond motifs is 1. The van der Waals surface area contributed by atoms with Gasteiger partial charge in [0.05, 0.1) is 5.69 Å². The lowest BCUT2D eigenvalue weighted by Gasteiger charge is -2.18. The van der Waals surface area contributed by atoms with Crippen LogP contribution in [0.4, 0.5) is 0 Å². The van der Waals surface area contributed by atoms with Crippen molar-refractivity contribution >= 4 is 5.65 Å². The molecule has 0 radical (unpaired) electrons. The Hall–Kier alpha value is -1.42. The second-order valence-corrected chi connectivity index (χ2v) is 5.09. The van der Waals surface area contributed by atoms with Gasteiger partial charge in [-0.3, -0.25) is 0 Å². The van der Waals surface area contributed by atoms with Crippen molar-refractivity contribution in [3.63, 3.8) is 0 Å². The molecule has 2 rings (SSSR count). The first-order valence-corrected chi connectivity index (χ1v) is 5.52. The molecular weight excluding hydrogens is 200 g/mol. The van der Waals surface area contributed by atoms with Gasteiger partial charge in [0.15, 0.2) is 5.65 Å². The third-order valence-electron chi connectivity index (χ3n) is 2.67. The highest BCUT2D eigenvalue weighted by Gasteiger charge is 2.16. The van der Waals surface area contributed by atoms with E-state index in [-0.39, 0.29) is 5.54 Å². The maximum absolute atomic E-state index is 6.03. The summed E-state index contributed by atoms with van der Waals surface area (Å²) in [6.07, 6.45) is 3.77. The molecule has 2 aromatic rings. The fourth-order valence-electron chi connectivity index (χ4n) is 1.51. The SMILES string of the molecule is CC(C)c1cc2ncc(C(C)(C)N)cn2n1. The summed E-state index contributed by atoms with van der Waals surface area (Å²) in [6.45, 7) is 8.16. The predicted molar refractivity (Wildman–Crippen MR) is 64.3 cm³/mol. The molecule has 16 heavy (non-hydrogen) atoms. The smallest absolute Gasteiger partial charge is 0.155 e. The van der Waals surface area contributed by atoms with E-state index < -0.39 is 0 Å². The Morgan fingerprint density at radius 2 is 2.06 bits per heavy atom. The molecule has 0 spiro atoms. The highest BCUT2D eigenvalue weighted by Crippen LogP contribution is 2.18. The number of hydrogen-bond donors (Lipinski definition) is 1. The standard InChI is InChI=1S/C12H18N4/c1-8(2)10-5-11-14-6-9(12(3,4)13)7-16(11)15-10/h5-8H,13H2,1-4H3. The van der Waals surface area contributed by atoms with Crippen molar-refractivity contribution < 1.29 is 0 Å². The van der Waals surface area contributed by atoms with Crippen molar-refractivity contribution in [3.8, 4) is 0 Å². The zero-order valence-electron chi connectivity index (χ0n) is 10.2. The van der Waals surface area contributed by atoms with E-state index in [0.29, 0.717) is 5.92 Å². The van der Waals surface area contributed by atoms with E-state index in [2.05, 4.69) is 23.9 Å². The Labute approximate surface area is 95.5 Å². The summed E-state index contributed by atoms with van der Waals surface area (Å²) >= 11 is 0. The Kier molecular flexibility index (Phi) is 2.46. The van der Waals surface area contributed by atoms with Gasteiger partial charge in [0.1, 0.15) is 0 Å². The molecule has 0 aliphatic carbocycles. The van der Waals surface area contributed by atoms with Crippen molar-refractivity contribution in [2.45, 2.75) is 39.2 Å². The van der Waals surface area contributed by atoms with Gasteiger partial charge in [0, 0.05) is 29.6 Å². The molecule has 0 fully saturated rings. The van der Waals surface area contributed by atoms with Crippen LogP contribution in [0.15, 0.2) is 18.5 Å². The largest absolute Gasteiger partial charge is 0.322 e. The molecule has 0 aromatic carbocycles. The van der Waals surface area contributed by atoms with Gasteiger partial charge in [-0.15, -0.1) is 0 Å². The van der Waals surface area contributed by atoms with Crippen LogP contribution >= 0.6 is 0 Å². The summed E-state index contributed by atoms with van der Waals surface area (Å²) < 4.78 is 1.80. The molecule has 0 amide bonds. The Balaban J connectivity index is 2.54. The van der Waals surface area contributed by atoms with Gasteiger partial charge in [-0.1, -0.05) is 13.8 Å². The summed E-state index contributed by atoms with van der Waals surface area (Å²) in [5.41, 5.74) is 8.56. The second kappa shape index (κ2) is 3.56. The van der Waals surface area contributed by atoms with Gasteiger partial charge in [-0.25, -0.2) is 9.50 Å². The van der Waals surface area contributed by atoms with Crippen molar-refractivity contribution in [1.82, 2.24) is 14.6 Å². The third-order valence-corrected chi connectivity index (χ3v) is 2.67. The van der Waals surface area contributed by atoms with Crippen LogP contribution in [0.1, 0.15) is 44.9 Å². The average Bonchev–Trinajstić information content (AvgIpc) is 2.58. The zero-order chi connectivity index (χ0) is 11.9. The second-order valence-electron chi connectivity index (χ2n) is 5.09. The minimum atomic E-state index is -0.384. The van der Waals surface area contributed by atoms with Gasteiger partial charge in [-0.05, 0) is 19.8 Å². The first-order chi connectivity index (χ1) is 7.38. The fraction of sp³-hybridized carbons (Fsp3) is 0.500. The van der Waals surface area contributed by atoms with Gasteiger partial charge in [0.25, 0.3) is 0 Å². The molecule has 0 saturated carbocycles. The lowest BCUT2D eigenvalue weighted by Crippen LogP contribution is -2.29. The molecule has 2 heterocycles. The number of aromatic nitrogens is 3. The Morgan fingerprint density at radius 1 is 1.38 bits per heavy atom. The zero-order valence-corrected chi connectivity index (χ0v) is 10.2. The van der Waals surface area contributed by atoms with E-state index in [1.54, 1.807) is 4.52 Å². The molecule has 0 unspecified atom stereocenters. The van der Waals surface area contributed by atoms with Crippen LogP contribution in [0.25, 0.3) is 5.65 Å². The molecule has 0 atom stereocenters. The average molecular weight is 218 g/mol. The van der Waals surface area contributed by atoms with Crippen LogP contribution in [0, 0.1) is 0 Å². The summed E-state index contributed by atoms with van der Waals surface area (Å²) in [7, 11) is 0. The molecule has 0 saturated heterocycles. The van der Waals surface area contributed by atoms with E-state index in [0.717, 1.165) is 16.9 Å². The predicted octanol–water partition coefficient (Wildman–Crippen LogP) is 2.05. The third kappa shape index (κ3) is 1.93. The van der Waals surface area contributed by atoms with Crippen LogP contribution < -0.4 is 5.73 Å². The number of rotatable bonds is 2. The molecule has 0 aliphatic heterocycles. The van der Waals surface area contributed by atoms with E-state index in [1.165, 1.54) is 0 Å². The molecule has 0 aliphatic rings. The number of nitrogens with two attached hydrogens (primary N) is 1. The van der Waals surface area contributed by atoms with Crippen LogP contribution in [-0.2, 0) is 5.54 Å². The van der Waals surface area contributed by atoms with Gasteiger partial charge < -0.3 is 5.73 Å². The molecule has 4 heteroatoms. The van der Waals surface area contributed by atoms with Crippen LogP contribution in [0.3, 0.4) is 0 Å². The Bertz CT molecular complexity index is 505.